The molecule has 0 amide bonds. The largest absolute Gasteiger partial charge is 0.330 e. The van der Waals surface area contributed by atoms with Crippen molar-refractivity contribution in [2.45, 2.75) is 25.8 Å². The van der Waals surface area contributed by atoms with Crippen molar-refractivity contribution in [2.24, 2.45) is 11.7 Å². The fourth-order valence-electron chi connectivity index (χ4n) is 2.94. The Morgan fingerprint density at radius 1 is 1.14 bits per heavy atom. The van der Waals surface area contributed by atoms with E-state index in [2.05, 4.69) is 20.4 Å². The average molecular weight is 286 g/mol. The van der Waals surface area contributed by atoms with E-state index in [-0.39, 0.29) is 0 Å². The summed E-state index contributed by atoms with van der Waals surface area (Å²) < 4.78 is 1.83. The van der Waals surface area contributed by atoms with Gasteiger partial charge in [0.05, 0.1) is 12.2 Å². The highest BCUT2D eigenvalue weighted by atomic mass is 15.5. The summed E-state index contributed by atoms with van der Waals surface area (Å²) in [7, 11) is 0. The zero-order valence-electron chi connectivity index (χ0n) is 12.2. The van der Waals surface area contributed by atoms with E-state index in [1.807, 2.05) is 35.0 Å². The molecule has 0 spiro atoms. The van der Waals surface area contributed by atoms with E-state index in [1.54, 1.807) is 0 Å². The molecule has 0 bridgehead atoms. The monoisotopic (exact) mass is 286 g/mol. The van der Waals surface area contributed by atoms with E-state index in [4.69, 9.17) is 5.73 Å². The summed E-state index contributed by atoms with van der Waals surface area (Å²) in [5, 5.41) is 12.1. The SMILES string of the molecule is NCCC1CCN(Cc2nnnn2-c2ccccc2)CC1. The van der Waals surface area contributed by atoms with Gasteiger partial charge in [-0.1, -0.05) is 18.2 Å². The first-order chi connectivity index (χ1) is 10.4. The smallest absolute Gasteiger partial charge is 0.170 e. The lowest BCUT2D eigenvalue weighted by molar-refractivity contribution is 0.169. The Balaban J connectivity index is 1.63. The van der Waals surface area contributed by atoms with Gasteiger partial charge in [-0.15, -0.1) is 5.10 Å². The van der Waals surface area contributed by atoms with Crippen LogP contribution in [0.1, 0.15) is 25.1 Å². The molecule has 1 aromatic carbocycles. The average Bonchev–Trinajstić information content (AvgIpc) is 2.98. The standard InChI is InChI=1S/C15H22N6/c16-9-6-13-7-10-20(11-8-13)12-15-17-18-19-21(15)14-4-2-1-3-5-14/h1-5,13H,6-12,16H2. The quantitative estimate of drug-likeness (QED) is 0.895. The number of rotatable bonds is 5. The third kappa shape index (κ3) is 3.46. The molecule has 112 valence electrons. The van der Waals surface area contributed by atoms with Gasteiger partial charge in [0.2, 0.25) is 0 Å². The maximum Gasteiger partial charge on any atom is 0.170 e. The predicted octanol–water partition coefficient (Wildman–Crippen LogP) is 1.22. The van der Waals surface area contributed by atoms with E-state index in [9.17, 15) is 0 Å². The van der Waals surface area contributed by atoms with E-state index in [0.29, 0.717) is 0 Å². The summed E-state index contributed by atoms with van der Waals surface area (Å²) in [6.07, 6.45) is 3.60. The number of aromatic nitrogens is 4. The molecule has 0 aliphatic carbocycles. The van der Waals surface area contributed by atoms with E-state index in [1.165, 1.54) is 12.8 Å². The molecule has 3 rings (SSSR count). The Kier molecular flexibility index (Phi) is 4.57. The number of tetrazole rings is 1. The number of piperidine rings is 1. The highest BCUT2D eigenvalue weighted by Crippen LogP contribution is 2.21. The van der Waals surface area contributed by atoms with Gasteiger partial charge in [0, 0.05) is 0 Å². The van der Waals surface area contributed by atoms with Gasteiger partial charge >= 0.3 is 0 Å². The third-order valence-corrected chi connectivity index (χ3v) is 4.18. The Hall–Kier alpha value is -1.79. The van der Waals surface area contributed by atoms with Crippen LogP contribution in [0, 0.1) is 5.92 Å². The zero-order chi connectivity index (χ0) is 14.5. The molecule has 1 fully saturated rings. The van der Waals surface area contributed by atoms with Gasteiger partial charge in [0.1, 0.15) is 0 Å². The first kappa shape index (κ1) is 14.2. The van der Waals surface area contributed by atoms with Gasteiger partial charge in [-0.05, 0) is 67.4 Å². The number of nitrogens with two attached hydrogens (primary N) is 1. The minimum absolute atomic E-state index is 0.788. The lowest BCUT2D eigenvalue weighted by atomic mass is 9.94. The summed E-state index contributed by atoms with van der Waals surface area (Å²) in [6.45, 7) is 3.81. The van der Waals surface area contributed by atoms with Crippen molar-refractivity contribution in [1.29, 1.82) is 0 Å². The Labute approximate surface area is 124 Å². The second-order valence-corrected chi connectivity index (χ2v) is 5.64. The maximum atomic E-state index is 5.64. The molecule has 0 radical (unpaired) electrons. The van der Waals surface area contributed by atoms with E-state index in [0.717, 1.165) is 50.0 Å². The number of hydrogen-bond acceptors (Lipinski definition) is 5. The minimum atomic E-state index is 0.788. The van der Waals surface area contributed by atoms with Crippen LogP contribution in [0.3, 0.4) is 0 Å². The van der Waals surface area contributed by atoms with Crippen LogP contribution in [0.5, 0.6) is 0 Å². The Morgan fingerprint density at radius 2 is 1.90 bits per heavy atom. The molecule has 0 saturated carbocycles. The van der Waals surface area contributed by atoms with Gasteiger partial charge in [-0.2, -0.15) is 4.68 Å². The van der Waals surface area contributed by atoms with Gasteiger partial charge in [0.25, 0.3) is 0 Å². The molecule has 0 unspecified atom stereocenters. The molecular formula is C15H22N6. The van der Waals surface area contributed by atoms with Crippen LogP contribution in [0.2, 0.25) is 0 Å². The number of likely N-dealkylation sites (tertiary alicyclic amines) is 1. The molecule has 2 aromatic rings. The topological polar surface area (TPSA) is 72.9 Å². The van der Waals surface area contributed by atoms with Crippen molar-refractivity contribution in [3.8, 4) is 5.69 Å². The molecule has 1 aromatic heterocycles. The number of hydrogen-bond donors (Lipinski definition) is 1. The summed E-state index contributed by atoms with van der Waals surface area (Å²) in [6, 6.07) is 10.0. The number of benzene rings is 1. The summed E-state index contributed by atoms with van der Waals surface area (Å²) in [4.78, 5) is 2.43. The second kappa shape index (κ2) is 6.78. The number of para-hydroxylation sites is 1. The summed E-state index contributed by atoms with van der Waals surface area (Å²) >= 11 is 0. The first-order valence-corrected chi connectivity index (χ1v) is 7.62. The van der Waals surface area contributed by atoms with E-state index >= 15 is 0 Å². The van der Waals surface area contributed by atoms with Crippen LogP contribution in [0.25, 0.3) is 5.69 Å². The van der Waals surface area contributed by atoms with Gasteiger partial charge < -0.3 is 5.73 Å². The zero-order valence-corrected chi connectivity index (χ0v) is 12.2. The first-order valence-electron chi connectivity index (χ1n) is 7.62. The van der Waals surface area contributed by atoms with Gasteiger partial charge in [0.15, 0.2) is 5.82 Å². The molecule has 1 saturated heterocycles. The third-order valence-electron chi connectivity index (χ3n) is 4.18. The van der Waals surface area contributed by atoms with Gasteiger partial charge in [-0.25, -0.2) is 0 Å². The van der Waals surface area contributed by atoms with Crippen LogP contribution >= 0.6 is 0 Å². The summed E-state index contributed by atoms with van der Waals surface area (Å²) in [5.41, 5.74) is 6.65. The van der Waals surface area contributed by atoms with Crippen molar-refractivity contribution in [2.75, 3.05) is 19.6 Å². The number of nitrogens with zero attached hydrogens (tertiary/aromatic N) is 5. The molecule has 2 heterocycles. The molecule has 1 aliphatic rings. The normalized spacial score (nSPS) is 17.2. The molecule has 21 heavy (non-hydrogen) atoms. The molecule has 0 atom stereocenters. The van der Waals surface area contributed by atoms with Crippen molar-refractivity contribution in [3.63, 3.8) is 0 Å². The van der Waals surface area contributed by atoms with Crippen LogP contribution < -0.4 is 5.73 Å². The Morgan fingerprint density at radius 3 is 2.62 bits per heavy atom. The maximum absolute atomic E-state index is 5.64. The molecule has 6 heteroatoms. The van der Waals surface area contributed by atoms with Crippen LogP contribution in [-0.2, 0) is 6.54 Å². The summed E-state index contributed by atoms with van der Waals surface area (Å²) in [5.74, 6) is 1.69. The van der Waals surface area contributed by atoms with Crippen molar-refractivity contribution < 1.29 is 0 Å². The fourth-order valence-corrected chi connectivity index (χ4v) is 2.94. The minimum Gasteiger partial charge on any atom is -0.330 e. The highest BCUT2D eigenvalue weighted by molar-refractivity contribution is 5.30. The van der Waals surface area contributed by atoms with Crippen LogP contribution in [-0.4, -0.2) is 44.7 Å². The fraction of sp³-hybridized carbons (Fsp3) is 0.533. The lowest BCUT2D eigenvalue weighted by Crippen LogP contribution is -2.34. The second-order valence-electron chi connectivity index (χ2n) is 5.64. The van der Waals surface area contributed by atoms with Crippen molar-refractivity contribution in [1.82, 2.24) is 25.1 Å². The van der Waals surface area contributed by atoms with Crippen LogP contribution in [0.15, 0.2) is 30.3 Å². The van der Waals surface area contributed by atoms with Crippen molar-refractivity contribution >= 4 is 0 Å². The molecule has 1 aliphatic heterocycles. The molecule has 6 nitrogen and oxygen atoms in total. The molecular weight excluding hydrogens is 264 g/mol. The predicted molar refractivity (Wildman–Crippen MR) is 80.8 cm³/mol. The van der Waals surface area contributed by atoms with Crippen LogP contribution in [0.4, 0.5) is 0 Å². The van der Waals surface area contributed by atoms with E-state index < -0.39 is 0 Å². The highest BCUT2D eigenvalue weighted by Gasteiger charge is 2.20. The van der Waals surface area contributed by atoms with Crippen molar-refractivity contribution in [3.05, 3.63) is 36.2 Å². The van der Waals surface area contributed by atoms with Gasteiger partial charge in [-0.3, -0.25) is 4.90 Å². The Bertz CT molecular complexity index is 544. The molecule has 2 N–H and O–H groups in total. The lowest BCUT2D eigenvalue weighted by Gasteiger charge is -2.31.